The largest absolute Gasteiger partial charge is 0.497 e. The molecule has 3 aliphatic rings. The van der Waals surface area contributed by atoms with Crippen LogP contribution in [0.1, 0.15) is 39.4 Å². The van der Waals surface area contributed by atoms with Crippen LogP contribution in [0.15, 0.2) is 54.3 Å². The van der Waals surface area contributed by atoms with Gasteiger partial charge in [0.05, 0.1) is 26.2 Å². The van der Waals surface area contributed by atoms with Gasteiger partial charge in [0.2, 0.25) is 12.6 Å². The zero-order valence-corrected chi connectivity index (χ0v) is 19.0. The Bertz CT molecular complexity index is 1420. The van der Waals surface area contributed by atoms with Gasteiger partial charge in [-0.2, -0.15) is 0 Å². The Morgan fingerprint density at radius 2 is 1.71 bits per heavy atom. The summed E-state index contributed by atoms with van der Waals surface area (Å²) in [4.78, 5) is 25.7. The zero-order chi connectivity index (χ0) is 24.1. The summed E-state index contributed by atoms with van der Waals surface area (Å²) in [7, 11) is 3.11. The van der Waals surface area contributed by atoms with E-state index in [0.717, 1.165) is 5.56 Å². The number of carbonyl (C=O) groups excluding carboxylic acids is 2. The number of benzene rings is 3. The molecule has 0 saturated carbocycles. The molecule has 3 heterocycles. The maximum Gasteiger partial charge on any atom is 0.312 e. The number of allylic oxidation sites excluding steroid dienone is 1. The maximum absolute atomic E-state index is 13.3. The number of rotatable bonds is 4. The Labute approximate surface area is 200 Å². The van der Waals surface area contributed by atoms with Crippen LogP contribution in [-0.4, -0.2) is 32.8 Å². The van der Waals surface area contributed by atoms with E-state index in [2.05, 4.69) is 0 Å². The monoisotopic (exact) mass is 472 g/mol. The molecule has 3 aromatic carbocycles. The van der Waals surface area contributed by atoms with Crippen molar-refractivity contribution < 1.29 is 38.0 Å². The third kappa shape index (κ3) is 3.45. The van der Waals surface area contributed by atoms with Gasteiger partial charge in [-0.15, -0.1) is 0 Å². The average molecular weight is 472 g/mol. The number of esters is 1. The second-order valence-electron chi connectivity index (χ2n) is 8.25. The lowest BCUT2D eigenvalue weighted by molar-refractivity contribution is -0.135. The van der Waals surface area contributed by atoms with Crippen molar-refractivity contribution >= 4 is 17.8 Å². The van der Waals surface area contributed by atoms with E-state index < -0.39 is 0 Å². The minimum atomic E-state index is -0.377. The quantitative estimate of drug-likeness (QED) is 0.312. The second kappa shape index (κ2) is 8.09. The Kier molecular flexibility index (Phi) is 4.88. The topological polar surface area (TPSA) is 89.5 Å². The molecular weight excluding hydrogens is 452 g/mol. The molecule has 0 amide bonds. The van der Waals surface area contributed by atoms with E-state index in [1.807, 2.05) is 18.2 Å². The summed E-state index contributed by atoms with van der Waals surface area (Å²) in [5, 5.41) is 0. The minimum Gasteiger partial charge on any atom is -0.497 e. The number of ketones is 1. The molecule has 1 unspecified atom stereocenters. The van der Waals surface area contributed by atoms with E-state index in [-0.39, 0.29) is 36.6 Å². The molecule has 176 valence electrons. The number of methoxy groups -OCH3 is 2. The van der Waals surface area contributed by atoms with Crippen LogP contribution >= 0.6 is 0 Å². The Morgan fingerprint density at radius 1 is 0.886 bits per heavy atom. The van der Waals surface area contributed by atoms with Crippen molar-refractivity contribution in [2.24, 2.45) is 0 Å². The molecule has 0 bridgehead atoms. The van der Waals surface area contributed by atoms with Crippen molar-refractivity contribution in [1.82, 2.24) is 0 Å². The van der Waals surface area contributed by atoms with Crippen molar-refractivity contribution in [3.05, 3.63) is 76.5 Å². The van der Waals surface area contributed by atoms with E-state index in [4.69, 9.17) is 28.4 Å². The van der Waals surface area contributed by atoms with Crippen LogP contribution in [0.25, 0.3) is 6.08 Å². The van der Waals surface area contributed by atoms with Gasteiger partial charge in [-0.3, -0.25) is 9.59 Å². The van der Waals surface area contributed by atoms with E-state index >= 15 is 0 Å². The molecule has 6 rings (SSSR count). The highest BCUT2D eigenvalue weighted by Crippen LogP contribution is 2.50. The summed E-state index contributed by atoms with van der Waals surface area (Å²) < 4.78 is 33.3. The molecule has 3 aliphatic heterocycles. The minimum absolute atomic E-state index is 0.103. The number of hydrogen-bond acceptors (Lipinski definition) is 8. The fourth-order valence-electron chi connectivity index (χ4n) is 4.60. The Balaban J connectivity index is 1.43. The standard InChI is InChI=1S/C27H20O8/c1-30-16-5-3-15(21(11-16)31-2)10-23-26(29)17-6-8-20-25(27(17)35-23)18(12-24(28)34-20)14-4-7-19-22(9-14)33-13-32-19/h3-11,18H,12-13H2,1-2H3. The lowest BCUT2D eigenvalue weighted by Gasteiger charge is -2.26. The first-order valence-electron chi connectivity index (χ1n) is 11.0. The van der Waals surface area contributed by atoms with Gasteiger partial charge in [0.25, 0.3) is 0 Å². The van der Waals surface area contributed by atoms with Crippen molar-refractivity contribution in [3.8, 4) is 34.5 Å². The molecular formula is C27H20O8. The SMILES string of the molecule is COc1ccc(C=C2Oc3c(ccc4c3C(c3ccc5c(c3)OCO5)CC(=O)O4)C2=O)c(OC)c1. The van der Waals surface area contributed by atoms with Gasteiger partial charge >= 0.3 is 5.97 Å². The fourth-order valence-corrected chi connectivity index (χ4v) is 4.60. The number of carbonyl (C=O) groups is 2. The predicted octanol–water partition coefficient (Wildman–Crippen LogP) is 4.49. The predicted molar refractivity (Wildman–Crippen MR) is 124 cm³/mol. The smallest absolute Gasteiger partial charge is 0.312 e. The molecule has 3 aromatic rings. The van der Waals surface area contributed by atoms with Crippen LogP contribution in [-0.2, 0) is 4.79 Å². The van der Waals surface area contributed by atoms with E-state index in [1.165, 1.54) is 0 Å². The second-order valence-corrected chi connectivity index (χ2v) is 8.25. The zero-order valence-electron chi connectivity index (χ0n) is 19.0. The van der Waals surface area contributed by atoms with Gasteiger partial charge < -0.3 is 28.4 Å². The maximum atomic E-state index is 13.3. The summed E-state index contributed by atoms with van der Waals surface area (Å²) in [6.45, 7) is 0.151. The number of ether oxygens (including phenoxy) is 6. The van der Waals surface area contributed by atoms with Crippen LogP contribution in [0, 0.1) is 0 Å². The van der Waals surface area contributed by atoms with Gasteiger partial charge in [-0.05, 0) is 48.0 Å². The van der Waals surface area contributed by atoms with E-state index in [0.29, 0.717) is 51.2 Å². The summed E-state index contributed by atoms with van der Waals surface area (Å²) in [6, 6.07) is 14.1. The summed E-state index contributed by atoms with van der Waals surface area (Å²) in [6.07, 6.45) is 1.74. The van der Waals surface area contributed by atoms with E-state index in [1.54, 1.807) is 50.6 Å². The van der Waals surface area contributed by atoms with Gasteiger partial charge in [0, 0.05) is 23.1 Å². The summed E-state index contributed by atoms with van der Waals surface area (Å²) in [5.41, 5.74) is 2.56. The Morgan fingerprint density at radius 3 is 2.54 bits per heavy atom. The Hall–Kier alpha value is -4.46. The highest BCUT2D eigenvalue weighted by molar-refractivity contribution is 6.15. The lowest BCUT2D eigenvalue weighted by Crippen LogP contribution is -2.21. The lowest BCUT2D eigenvalue weighted by atomic mass is 9.84. The first-order valence-corrected chi connectivity index (χ1v) is 11.0. The number of hydrogen-bond donors (Lipinski definition) is 0. The van der Waals surface area contributed by atoms with Crippen molar-refractivity contribution in [2.45, 2.75) is 12.3 Å². The molecule has 0 aromatic heterocycles. The van der Waals surface area contributed by atoms with Crippen LogP contribution in [0.2, 0.25) is 0 Å². The van der Waals surface area contributed by atoms with E-state index in [9.17, 15) is 9.59 Å². The first kappa shape index (κ1) is 21.1. The number of fused-ring (bicyclic) bond motifs is 4. The number of Topliss-reactive ketones (excluding diaryl/α,β-unsaturated/α-hetero) is 1. The molecule has 35 heavy (non-hydrogen) atoms. The molecule has 0 aliphatic carbocycles. The third-order valence-electron chi connectivity index (χ3n) is 6.31. The van der Waals surface area contributed by atoms with Gasteiger partial charge in [0.15, 0.2) is 17.3 Å². The molecule has 0 fully saturated rings. The molecule has 0 N–H and O–H groups in total. The fraction of sp³-hybridized carbons (Fsp3) is 0.185. The molecule has 0 radical (unpaired) electrons. The molecule has 1 atom stereocenters. The summed E-state index contributed by atoms with van der Waals surface area (Å²) in [5.74, 6) is 2.35. The van der Waals surface area contributed by atoms with Gasteiger partial charge in [0.1, 0.15) is 23.0 Å². The normalized spacial score (nSPS) is 18.6. The van der Waals surface area contributed by atoms with Gasteiger partial charge in [-0.1, -0.05) is 6.07 Å². The molecule has 0 saturated heterocycles. The first-order chi connectivity index (χ1) is 17.1. The van der Waals surface area contributed by atoms with Crippen molar-refractivity contribution in [1.29, 1.82) is 0 Å². The van der Waals surface area contributed by atoms with Crippen LogP contribution < -0.4 is 28.4 Å². The van der Waals surface area contributed by atoms with Crippen molar-refractivity contribution in [3.63, 3.8) is 0 Å². The summed E-state index contributed by atoms with van der Waals surface area (Å²) >= 11 is 0. The molecule has 0 spiro atoms. The van der Waals surface area contributed by atoms with Gasteiger partial charge in [-0.25, -0.2) is 0 Å². The van der Waals surface area contributed by atoms with Crippen LogP contribution in [0.5, 0.6) is 34.5 Å². The molecule has 8 heteroatoms. The average Bonchev–Trinajstić information content (AvgIpc) is 3.47. The third-order valence-corrected chi connectivity index (χ3v) is 6.31. The van der Waals surface area contributed by atoms with Crippen LogP contribution in [0.4, 0.5) is 0 Å². The van der Waals surface area contributed by atoms with Crippen LogP contribution in [0.3, 0.4) is 0 Å². The van der Waals surface area contributed by atoms with Crippen molar-refractivity contribution in [2.75, 3.05) is 21.0 Å². The highest BCUT2D eigenvalue weighted by atomic mass is 16.7. The molecule has 8 nitrogen and oxygen atoms in total. The highest BCUT2D eigenvalue weighted by Gasteiger charge is 2.39.